The lowest BCUT2D eigenvalue weighted by molar-refractivity contribution is 0.290. The van der Waals surface area contributed by atoms with E-state index in [0.717, 1.165) is 30.5 Å². The zero-order valence-corrected chi connectivity index (χ0v) is 10.0. The van der Waals surface area contributed by atoms with E-state index in [4.69, 9.17) is 10.8 Å². The van der Waals surface area contributed by atoms with Crippen LogP contribution in [0.25, 0.3) is 5.57 Å². The third-order valence-electron chi connectivity index (χ3n) is 2.46. The summed E-state index contributed by atoms with van der Waals surface area (Å²) in [4.78, 5) is 4.37. The maximum absolute atomic E-state index is 8.88. The fourth-order valence-corrected chi connectivity index (χ4v) is 1.77. The van der Waals surface area contributed by atoms with Crippen molar-refractivity contribution >= 4 is 11.3 Å². The van der Waals surface area contributed by atoms with Gasteiger partial charge >= 0.3 is 0 Å². The zero-order valence-electron chi connectivity index (χ0n) is 10.0. The first-order valence-electron chi connectivity index (χ1n) is 5.71. The Bertz CT molecular complexity index is 372. The van der Waals surface area contributed by atoms with E-state index in [0.29, 0.717) is 5.69 Å². The molecule has 0 aliphatic rings. The standard InChI is InChI=1S/C13H20N2O/c1-3-5-11(6-4-7-16)13-10(2)8-12(14)9-15-13/h5,8-9,16H,3-4,6-7,14H2,1-2H3/b11-5+. The fourth-order valence-electron chi connectivity index (χ4n) is 1.77. The molecule has 0 unspecified atom stereocenters. The van der Waals surface area contributed by atoms with E-state index < -0.39 is 0 Å². The first-order valence-corrected chi connectivity index (χ1v) is 5.71. The second kappa shape index (κ2) is 6.28. The van der Waals surface area contributed by atoms with Crippen molar-refractivity contribution in [2.24, 2.45) is 0 Å². The van der Waals surface area contributed by atoms with Gasteiger partial charge in [-0.1, -0.05) is 13.0 Å². The highest BCUT2D eigenvalue weighted by Crippen LogP contribution is 2.22. The number of aromatic nitrogens is 1. The van der Waals surface area contributed by atoms with Crippen molar-refractivity contribution in [1.29, 1.82) is 0 Å². The smallest absolute Gasteiger partial charge is 0.0689 e. The van der Waals surface area contributed by atoms with Crippen LogP contribution in [0.5, 0.6) is 0 Å². The van der Waals surface area contributed by atoms with Crippen molar-refractivity contribution in [1.82, 2.24) is 4.98 Å². The third kappa shape index (κ3) is 3.35. The number of anilines is 1. The zero-order chi connectivity index (χ0) is 12.0. The maximum Gasteiger partial charge on any atom is 0.0689 e. The van der Waals surface area contributed by atoms with Crippen molar-refractivity contribution < 1.29 is 5.11 Å². The molecule has 1 aromatic heterocycles. The molecule has 3 N–H and O–H groups in total. The van der Waals surface area contributed by atoms with Crippen LogP contribution in [0.3, 0.4) is 0 Å². The second-order valence-electron chi connectivity index (χ2n) is 3.90. The van der Waals surface area contributed by atoms with Gasteiger partial charge in [-0.05, 0) is 43.4 Å². The van der Waals surface area contributed by atoms with Crippen LogP contribution in [0.2, 0.25) is 0 Å². The van der Waals surface area contributed by atoms with Gasteiger partial charge in [0.1, 0.15) is 0 Å². The number of nitrogens with two attached hydrogens (primary N) is 1. The van der Waals surface area contributed by atoms with Gasteiger partial charge in [-0.15, -0.1) is 0 Å². The lowest BCUT2D eigenvalue weighted by Gasteiger charge is -2.09. The minimum absolute atomic E-state index is 0.217. The fraction of sp³-hybridized carbons (Fsp3) is 0.462. The number of hydrogen-bond acceptors (Lipinski definition) is 3. The summed E-state index contributed by atoms with van der Waals surface area (Å²) in [6, 6.07) is 1.94. The van der Waals surface area contributed by atoms with Gasteiger partial charge in [0.15, 0.2) is 0 Å². The Kier molecular flexibility index (Phi) is 4.99. The average Bonchev–Trinajstić information content (AvgIpc) is 2.25. The number of nitrogens with zero attached hydrogens (tertiary/aromatic N) is 1. The molecule has 0 bridgehead atoms. The molecule has 1 aromatic rings. The SMILES string of the molecule is CC/C=C(\CCCO)c1ncc(N)cc1C. The quantitative estimate of drug-likeness (QED) is 0.801. The number of aryl methyl sites for hydroxylation is 1. The van der Waals surface area contributed by atoms with Crippen molar-refractivity contribution in [3.63, 3.8) is 0 Å². The van der Waals surface area contributed by atoms with Crippen LogP contribution in [-0.2, 0) is 0 Å². The molecule has 0 aliphatic heterocycles. The number of hydrogen-bond donors (Lipinski definition) is 2. The summed E-state index contributed by atoms with van der Waals surface area (Å²) in [6.45, 7) is 4.34. The molecule has 0 fully saturated rings. The van der Waals surface area contributed by atoms with Crippen LogP contribution in [0.15, 0.2) is 18.3 Å². The van der Waals surface area contributed by atoms with Gasteiger partial charge in [0, 0.05) is 6.61 Å². The van der Waals surface area contributed by atoms with E-state index in [1.165, 1.54) is 5.57 Å². The lowest BCUT2D eigenvalue weighted by Crippen LogP contribution is -1.97. The lowest BCUT2D eigenvalue weighted by atomic mass is 10.0. The predicted octanol–water partition coefficient (Wildman–Crippen LogP) is 2.54. The largest absolute Gasteiger partial charge is 0.397 e. The van der Waals surface area contributed by atoms with Gasteiger partial charge in [-0.2, -0.15) is 0 Å². The first-order chi connectivity index (χ1) is 7.69. The van der Waals surface area contributed by atoms with Gasteiger partial charge in [0.05, 0.1) is 17.6 Å². The Balaban J connectivity index is 2.97. The number of aliphatic hydroxyl groups is 1. The molecule has 0 spiro atoms. The minimum atomic E-state index is 0.217. The van der Waals surface area contributed by atoms with Crippen LogP contribution in [0, 0.1) is 6.92 Å². The molecule has 3 heteroatoms. The Morgan fingerprint density at radius 2 is 2.31 bits per heavy atom. The molecule has 0 amide bonds. The van der Waals surface area contributed by atoms with E-state index in [-0.39, 0.29) is 6.61 Å². The summed E-state index contributed by atoms with van der Waals surface area (Å²) in [5.41, 5.74) is 9.68. The van der Waals surface area contributed by atoms with Crippen LogP contribution in [-0.4, -0.2) is 16.7 Å². The van der Waals surface area contributed by atoms with Gasteiger partial charge in [0.2, 0.25) is 0 Å². The molecule has 0 aliphatic carbocycles. The molecule has 0 radical (unpaired) electrons. The second-order valence-corrected chi connectivity index (χ2v) is 3.90. The molecule has 1 heterocycles. The Labute approximate surface area is 97.0 Å². The van der Waals surface area contributed by atoms with Gasteiger partial charge < -0.3 is 10.8 Å². The summed E-state index contributed by atoms with van der Waals surface area (Å²) in [6.07, 6.45) is 6.47. The highest BCUT2D eigenvalue weighted by atomic mass is 16.2. The summed E-state index contributed by atoms with van der Waals surface area (Å²) < 4.78 is 0. The molecule has 16 heavy (non-hydrogen) atoms. The van der Waals surface area contributed by atoms with Crippen molar-refractivity contribution in [3.05, 3.63) is 29.6 Å². The summed E-state index contributed by atoms with van der Waals surface area (Å²) in [5, 5.41) is 8.88. The highest BCUT2D eigenvalue weighted by Gasteiger charge is 2.06. The van der Waals surface area contributed by atoms with E-state index in [1.807, 2.05) is 13.0 Å². The summed E-state index contributed by atoms with van der Waals surface area (Å²) >= 11 is 0. The van der Waals surface area contributed by atoms with Crippen LogP contribution in [0.4, 0.5) is 5.69 Å². The number of rotatable bonds is 5. The Hall–Kier alpha value is -1.35. The van der Waals surface area contributed by atoms with Crippen LogP contribution < -0.4 is 5.73 Å². The summed E-state index contributed by atoms with van der Waals surface area (Å²) in [7, 11) is 0. The maximum atomic E-state index is 8.88. The third-order valence-corrected chi connectivity index (χ3v) is 2.46. The molecule has 3 nitrogen and oxygen atoms in total. The molecule has 1 rings (SSSR count). The Morgan fingerprint density at radius 1 is 1.56 bits per heavy atom. The average molecular weight is 220 g/mol. The van der Waals surface area contributed by atoms with Crippen LogP contribution in [0.1, 0.15) is 37.4 Å². The molecular formula is C13H20N2O. The molecule has 88 valence electrons. The van der Waals surface area contributed by atoms with E-state index in [2.05, 4.69) is 18.0 Å². The molecule has 0 saturated heterocycles. The van der Waals surface area contributed by atoms with Gasteiger partial charge in [-0.3, -0.25) is 4.98 Å². The number of aliphatic hydroxyl groups excluding tert-OH is 1. The summed E-state index contributed by atoms with van der Waals surface area (Å²) in [5.74, 6) is 0. The van der Waals surface area contributed by atoms with Crippen LogP contribution >= 0.6 is 0 Å². The normalized spacial score (nSPS) is 11.8. The Morgan fingerprint density at radius 3 is 2.88 bits per heavy atom. The number of nitrogen functional groups attached to an aromatic ring is 1. The van der Waals surface area contributed by atoms with E-state index in [1.54, 1.807) is 6.20 Å². The van der Waals surface area contributed by atoms with Gasteiger partial charge in [0.25, 0.3) is 0 Å². The molecule has 0 aromatic carbocycles. The first kappa shape index (κ1) is 12.7. The minimum Gasteiger partial charge on any atom is -0.397 e. The number of pyridine rings is 1. The molecular weight excluding hydrogens is 200 g/mol. The monoisotopic (exact) mass is 220 g/mol. The van der Waals surface area contributed by atoms with Crippen molar-refractivity contribution in [2.75, 3.05) is 12.3 Å². The highest BCUT2D eigenvalue weighted by molar-refractivity contribution is 5.66. The topological polar surface area (TPSA) is 59.1 Å². The molecule has 0 saturated carbocycles. The van der Waals surface area contributed by atoms with Crippen molar-refractivity contribution in [3.8, 4) is 0 Å². The van der Waals surface area contributed by atoms with E-state index >= 15 is 0 Å². The van der Waals surface area contributed by atoms with Gasteiger partial charge in [-0.25, -0.2) is 0 Å². The van der Waals surface area contributed by atoms with E-state index in [9.17, 15) is 0 Å². The predicted molar refractivity (Wildman–Crippen MR) is 68.0 cm³/mol. The van der Waals surface area contributed by atoms with Crippen molar-refractivity contribution in [2.45, 2.75) is 33.1 Å². The molecule has 0 atom stereocenters. The number of allylic oxidation sites excluding steroid dienone is 2.